The number of phenols is 1. The smallest absolute Gasteiger partial charge is 0.183 e. The maximum Gasteiger partial charge on any atom is 0.183 e. The maximum absolute atomic E-state index is 13.5. The molecule has 0 aliphatic heterocycles. The lowest BCUT2D eigenvalue weighted by Crippen LogP contribution is -2.15. The third-order valence-corrected chi connectivity index (χ3v) is 2.19. The number of Topliss-reactive ketones (excluding diaryl/α,β-unsaturated/α-hetero) is 1. The van der Waals surface area contributed by atoms with Gasteiger partial charge in [0.2, 0.25) is 0 Å². The minimum absolute atomic E-state index is 0.0414. The van der Waals surface area contributed by atoms with Crippen LogP contribution in [0.3, 0.4) is 0 Å². The van der Waals surface area contributed by atoms with Gasteiger partial charge in [-0.2, -0.15) is 0 Å². The van der Waals surface area contributed by atoms with Gasteiger partial charge < -0.3 is 15.6 Å². The van der Waals surface area contributed by atoms with E-state index in [1.165, 1.54) is 7.11 Å². The van der Waals surface area contributed by atoms with Crippen LogP contribution in [-0.2, 0) is 0 Å². The predicted octanol–water partition coefficient (Wildman–Crippen LogP) is 1.33. The molecule has 0 heterocycles. The average Bonchev–Trinajstić information content (AvgIpc) is 2.23. The molecule has 0 amide bonds. The zero-order valence-corrected chi connectivity index (χ0v) is 8.64. The molecule has 15 heavy (non-hydrogen) atoms. The Kier molecular flexibility index (Phi) is 3.49. The molecule has 0 radical (unpaired) electrons. The molecule has 0 saturated carbocycles. The number of carbonyl (C=O) groups is 1. The van der Waals surface area contributed by atoms with Gasteiger partial charge in [0, 0.05) is 6.07 Å². The number of halogens is 2. The quantitative estimate of drug-likeness (QED) is 0.773. The molecule has 0 saturated heterocycles. The van der Waals surface area contributed by atoms with Gasteiger partial charge in [-0.25, -0.2) is 4.39 Å². The van der Waals surface area contributed by atoms with Gasteiger partial charge >= 0.3 is 0 Å². The van der Waals surface area contributed by atoms with Crippen molar-refractivity contribution >= 4 is 17.4 Å². The van der Waals surface area contributed by atoms with Crippen molar-refractivity contribution in [1.29, 1.82) is 0 Å². The van der Waals surface area contributed by atoms with Crippen LogP contribution < -0.4 is 10.5 Å². The minimum Gasteiger partial charge on any atom is -0.507 e. The number of nitrogens with two attached hydrogens (primary N) is 1. The summed E-state index contributed by atoms with van der Waals surface area (Å²) in [7, 11) is 1.27. The topological polar surface area (TPSA) is 72.5 Å². The molecule has 4 nitrogen and oxygen atoms in total. The van der Waals surface area contributed by atoms with Crippen LogP contribution in [0.25, 0.3) is 0 Å². The molecular weight excluding hydrogens is 225 g/mol. The Labute approximate surface area is 90.4 Å². The summed E-state index contributed by atoms with van der Waals surface area (Å²) in [4.78, 5) is 11.2. The number of hydrogen-bond donors (Lipinski definition) is 2. The van der Waals surface area contributed by atoms with Gasteiger partial charge in [-0.1, -0.05) is 11.6 Å². The second-order valence-corrected chi connectivity index (χ2v) is 3.11. The highest BCUT2D eigenvalue weighted by Gasteiger charge is 2.21. The lowest BCUT2D eigenvalue weighted by atomic mass is 10.1. The van der Waals surface area contributed by atoms with Crippen molar-refractivity contribution in [3.05, 3.63) is 22.5 Å². The predicted molar refractivity (Wildman–Crippen MR) is 53.0 cm³/mol. The molecule has 0 spiro atoms. The van der Waals surface area contributed by atoms with Crippen LogP contribution in [0, 0.1) is 5.82 Å². The lowest BCUT2D eigenvalue weighted by molar-refractivity contribution is 0.0994. The van der Waals surface area contributed by atoms with Crippen LogP contribution in [0.4, 0.5) is 4.39 Å². The van der Waals surface area contributed by atoms with E-state index in [0.717, 1.165) is 6.07 Å². The number of rotatable bonds is 3. The number of phenolic OH excluding ortho intramolecular Hbond substituents is 1. The van der Waals surface area contributed by atoms with Crippen molar-refractivity contribution < 1.29 is 19.0 Å². The van der Waals surface area contributed by atoms with E-state index in [-0.39, 0.29) is 10.8 Å². The normalized spacial score (nSPS) is 10.1. The number of ether oxygens (including phenoxy) is 1. The number of ketones is 1. The first-order valence-corrected chi connectivity index (χ1v) is 4.39. The molecule has 0 aromatic heterocycles. The van der Waals surface area contributed by atoms with Gasteiger partial charge in [0.05, 0.1) is 19.2 Å². The van der Waals surface area contributed by atoms with Crippen LogP contribution >= 0.6 is 11.6 Å². The fourth-order valence-corrected chi connectivity index (χ4v) is 1.33. The fraction of sp³-hybridized carbons (Fsp3) is 0.222. The van der Waals surface area contributed by atoms with Gasteiger partial charge in [-0.15, -0.1) is 0 Å². The molecule has 0 aliphatic rings. The molecule has 0 bridgehead atoms. The summed E-state index contributed by atoms with van der Waals surface area (Å²) in [5.74, 6) is -2.33. The molecule has 0 aliphatic carbocycles. The largest absolute Gasteiger partial charge is 0.507 e. The van der Waals surface area contributed by atoms with E-state index in [1.807, 2.05) is 0 Å². The summed E-state index contributed by atoms with van der Waals surface area (Å²) in [5, 5.41) is 9.02. The molecule has 1 rings (SSSR count). The lowest BCUT2D eigenvalue weighted by Gasteiger charge is -2.09. The Hall–Kier alpha value is -1.33. The van der Waals surface area contributed by atoms with Gasteiger partial charge in [0.25, 0.3) is 0 Å². The Morgan fingerprint density at radius 3 is 2.80 bits per heavy atom. The molecular formula is C9H9ClFNO3. The van der Waals surface area contributed by atoms with E-state index in [0.29, 0.717) is 0 Å². The zero-order chi connectivity index (χ0) is 11.6. The van der Waals surface area contributed by atoms with Crippen molar-refractivity contribution in [3.8, 4) is 11.5 Å². The van der Waals surface area contributed by atoms with Crippen LogP contribution in [0.5, 0.6) is 11.5 Å². The number of carbonyl (C=O) groups excluding carboxylic acids is 1. The van der Waals surface area contributed by atoms with E-state index < -0.39 is 29.5 Å². The summed E-state index contributed by atoms with van der Waals surface area (Å²) < 4.78 is 18.2. The number of hydrogen-bond acceptors (Lipinski definition) is 4. The summed E-state index contributed by atoms with van der Waals surface area (Å²) in [6.45, 7) is -0.410. The van der Waals surface area contributed by atoms with Crippen molar-refractivity contribution in [1.82, 2.24) is 0 Å². The van der Waals surface area contributed by atoms with Crippen molar-refractivity contribution in [2.75, 3.05) is 13.7 Å². The molecule has 1 aromatic rings. The van der Waals surface area contributed by atoms with Crippen LogP contribution in [0.1, 0.15) is 10.4 Å². The minimum atomic E-state index is -1.02. The van der Waals surface area contributed by atoms with Crippen molar-refractivity contribution in [2.24, 2.45) is 5.73 Å². The number of benzene rings is 1. The number of methoxy groups -OCH3 is 1. The standard InChI is InChI=1S/C9H9ClFNO3/c1-15-6-2-4(13)7(5(14)3-12)9(11)8(6)10/h2,13H,3,12H2,1H3. The molecule has 0 fully saturated rings. The third kappa shape index (κ3) is 2.03. The second-order valence-electron chi connectivity index (χ2n) is 2.73. The van der Waals surface area contributed by atoms with Crippen molar-refractivity contribution in [2.45, 2.75) is 0 Å². The molecule has 1 aromatic carbocycles. The second kappa shape index (κ2) is 4.46. The summed E-state index contributed by atoms with van der Waals surface area (Å²) in [6.07, 6.45) is 0. The number of aromatic hydroxyl groups is 1. The monoisotopic (exact) mass is 233 g/mol. The highest BCUT2D eigenvalue weighted by molar-refractivity contribution is 6.32. The highest BCUT2D eigenvalue weighted by Crippen LogP contribution is 2.35. The zero-order valence-electron chi connectivity index (χ0n) is 7.88. The highest BCUT2D eigenvalue weighted by atomic mass is 35.5. The Morgan fingerprint density at radius 1 is 1.73 bits per heavy atom. The molecule has 82 valence electrons. The summed E-state index contributed by atoms with van der Waals surface area (Å²) >= 11 is 5.57. The van der Waals surface area contributed by atoms with Gasteiger partial charge in [0.1, 0.15) is 16.5 Å². The molecule has 3 N–H and O–H groups in total. The Morgan fingerprint density at radius 2 is 2.33 bits per heavy atom. The van der Waals surface area contributed by atoms with Crippen LogP contribution in [0.2, 0.25) is 5.02 Å². The maximum atomic E-state index is 13.5. The fourth-order valence-electron chi connectivity index (χ4n) is 1.11. The first kappa shape index (κ1) is 11.7. The van der Waals surface area contributed by atoms with Gasteiger partial charge in [-0.05, 0) is 0 Å². The Balaban J connectivity index is 3.42. The van der Waals surface area contributed by atoms with E-state index >= 15 is 0 Å². The van der Waals surface area contributed by atoms with Gasteiger partial charge in [-0.3, -0.25) is 4.79 Å². The van der Waals surface area contributed by atoms with E-state index in [2.05, 4.69) is 0 Å². The summed E-state index contributed by atoms with van der Waals surface area (Å²) in [5.41, 5.74) is 4.55. The molecule has 0 unspecified atom stereocenters. The van der Waals surface area contributed by atoms with E-state index in [9.17, 15) is 14.3 Å². The summed E-state index contributed by atoms with van der Waals surface area (Å²) in [6, 6.07) is 1.06. The Bertz CT molecular complexity index is 409. The third-order valence-electron chi connectivity index (χ3n) is 1.84. The molecule has 6 heteroatoms. The van der Waals surface area contributed by atoms with Crippen LogP contribution in [-0.4, -0.2) is 24.5 Å². The van der Waals surface area contributed by atoms with Gasteiger partial charge in [0.15, 0.2) is 11.6 Å². The average molecular weight is 234 g/mol. The first-order valence-electron chi connectivity index (χ1n) is 4.01. The molecule has 0 atom stereocenters. The SMILES string of the molecule is COc1cc(O)c(C(=O)CN)c(F)c1Cl. The van der Waals surface area contributed by atoms with E-state index in [1.54, 1.807) is 0 Å². The first-order chi connectivity index (χ1) is 7.02. The van der Waals surface area contributed by atoms with Crippen molar-refractivity contribution in [3.63, 3.8) is 0 Å². The van der Waals surface area contributed by atoms with E-state index in [4.69, 9.17) is 22.1 Å². The van der Waals surface area contributed by atoms with Crippen LogP contribution in [0.15, 0.2) is 6.07 Å².